The minimum absolute atomic E-state index is 0.607. The summed E-state index contributed by atoms with van der Waals surface area (Å²) in [4.78, 5) is 2.26. The highest BCUT2D eigenvalue weighted by Crippen LogP contribution is 2.66. The minimum atomic E-state index is -3.35. The molecule has 0 spiro atoms. The van der Waals surface area contributed by atoms with Gasteiger partial charge in [-0.3, -0.25) is 0 Å². The van der Waals surface area contributed by atoms with E-state index in [1.165, 1.54) is 16.2 Å². The van der Waals surface area contributed by atoms with Crippen molar-refractivity contribution < 1.29 is 14.0 Å². The zero-order chi connectivity index (χ0) is 25.5. The van der Waals surface area contributed by atoms with Crippen LogP contribution in [0.25, 0.3) is 32.3 Å². The fourth-order valence-electron chi connectivity index (χ4n) is 7.05. The van der Waals surface area contributed by atoms with E-state index in [4.69, 9.17) is 9.47 Å². The van der Waals surface area contributed by atoms with Crippen molar-refractivity contribution >= 4 is 72.4 Å². The Labute approximate surface area is 223 Å². The average molecular weight is 519 g/mol. The number of rotatable bonds is 1. The zero-order valence-electron chi connectivity index (χ0n) is 20.5. The van der Waals surface area contributed by atoms with Crippen molar-refractivity contribution in [3.8, 4) is 23.0 Å². The molecule has 0 fully saturated rings. The van der Waals surface area contributed by atoms with Gasteiger partial charge in [0.25, 0.3) is 0 Å². The molecular weight excluding hydrogens is 501 g/mol. The van der Waals surface area contributed by atoms with Crippen LogP contribution in [-0.2, 0) is 4.57 Å². The van der Waals surface area contributed by atoms with Crippen LogP contribution in [0.3, 0.4) is 0 Å². The Balaban J connectivity index is 1.51. The Morgan fingerprint density at radius 1 is 0.538 bits per heavy atom. The van der Waals surface area contributed by atoms with Crippen LogP contribution in [0, 0.1) is 0 Å². The molecule has 0 aromatic heterocycles. The molecular formula is C34H18NO3P. The van der Waals surface area contributed by atoms with Gasteiger partial charge < -0.3 is 18.9 Å². The molecule has 0 N–H and O–H groups in total. The summed E-state index contributed by atoms with van der Waals surface area (Å²) in [6.07, 6.45) is 0. The maximum atomic E-state index is 16.0. The number of hydrogen-bond donors (Lipinski definition) is 0. The maximum Gasteiger partial charge on any atom is 0.189 e. The van der Waals surface area contributed by atoms with Gasteiger partial charge in [-0.05, 0) is 58.6 Å². The Morgan fingerprint density at radius 3 is 2.00 bits per heavy atom. The second-order valence-electron chi connectivity index (χ2n) is 10.4. The summed E-state index contributed by atoms with van der Waals surface area (Å²) in [6.45, 7) is 0. The predicted octanol–water partition coefficient (Wildman–Crippen LogP) is 8.22. The van der Waals surface area contributed by atoms with Crippen LogP contribution >= 0.6 is 7.14 Å². The molecule has 0 saturated heterocycles. The summed E-state index contributed by atoms with van der Waals surface area (Å²) >= 11 is 0. The van der Waals surface area contributed by atoms with Crippen LogP contribution in [0.4, 0.5) is 17.1 Å². The van der Waals surface area contributed by atoms with Crippen LogP contribution in [0.5, 0.6) is 23.0 Å². The molecule has 4 nitrogen and oxygen atoms in total. The molecule has 0 amide bonds. The first kappa shape index (κ1) is 20.2. The third-order valence-electron chi connectivity index (χ3n) is 8.51. The number of ether oxygens (including phenoxy) is 2. The highest BCUT2D eigenvalue weighted by molar-refractivity contribution is 7.87. The molecule has 0 saturated carbocycles. The molecule has 3 aliphatic rings. The van der Waals surface area contributed by atoms with E-state index in [0.29, 0.717) is 28.3 Å². The number of nitrogens with zero attached hydrogens (tertiary/aromatic N) is 1. The summed E-state index contributed by atoms with van der Waals surface area (Å²) in [5.41, 5.74) is 2.81. The van der Waals surface area contributed by atoms with Gasteiger partial charge in [0.2, 0.25) is 0 Å². The summed E-state index contributed by atoms with van der Waals surface area (Å²) < 4.78 is 29.2. The molecule has 1 atom stereocenters. The van der Waals surface area contributed by atoms with Gasteiger partial charge in [-0.25, -0.2) is 0 Å². The smallest absolute Gasteiger partial charge is 0.189 e. The molecule has 0 aliphatic carbocycles. The van der Waals surface area contributed by atoms with Crippen molar-refractivity contribution in [2.45, 2.75) is 0 Å². The molecule has 0 radical (unpaired) electrons. The molecule has 7 aromatic carbocycles. The highest BCUT2D eigenvalue weighted by atomic mass is 31.2. The number of anilines is 3. The normalized spacial score (nSPS) is 17.8. The lowest BCUT2D eigenvalue weighted by Crippen LogP contribution is -2.42. The Bertz CT molecular complexity index is 2260. The van der Waals surface area contributed by atoms with Crippen molar-refractivity contribution in [2.75, 3.05) is 4.90 Å². The number of para-hydroxylation sites is 1. The monoisotopic (exact) mass is 519 g/mol. The molecule has 182 valence electrons. The fraction of sp³-hybridized carbons (Fsp3) is 0. The molecule has 3 aliphatic heterocycles. The standard InChI is InChI=1S/C34H18NO3P/c36-39-32-24-11-5-12-25(32)37-26-13-6-14-27(33(26)39)38-31-23-18-16-20-8-4-7-19-15-17-22(29(23)28(19)20)30(34(31)39)35(24)21-9-2-1-3-10-21/h1-18H. The van der Waals surface area contributed by atoms with E-state index in [-0.39, 0.29) is 0 Å². The minimum Gasteiger partial charge on any atom is -0.456 e. The van der Waals surface area contributed by atoms with Crippen molar-refractivity contribution in [1.29, 1.82) is 0 Å². The van der Waals surface area contributed by atoms with Crippen LogP contribution in [0.1, 0.15) is 0 Å². The lowest BCUT2D eigenvalue weighted by molar-refractivity contribution is 0.464. The molecule has 5 heteroatoms. The van der Waals surface area contributed by atoms with Crippen molar-refractivity contribution in [2.24, 2.45) is 0 Å². The van der Waals surface area contributed by atoms with E-state index in [1.807, 2.05) is 48.5 Å². The van der Waals surface area contributed by atoms with Crippen molar-refractivity contribution in [3.63, 3.8) is 0 Å². The van der Waals surface area contributed by atoms with E-state index in [1.54, 1.807) is 0 Å². The zero-order valence-corrected chi connectivity index (χ0v) is 21.4. The second kappa shape index (κ2) is 6.61. The summed E-state index contributed by atoms with van der Waals surface area (Å²) in [6, 6.07) is 37.1. The predicted molar refractivity (Wildman–Crippen MR) is 158 cm³/mol. The number of fused-ring (bicyclic) bond motifs is 2. The van der Waals surface area contributed by atoms with Gasteiger partial charge >= 0.3 is 0 Å². The fourth-order valence-corrected chi connectivity index (χ4v) is 10.5. The van der Waals surface area contributed by atoms with Gasteiger partial charge in [0, 0.05) is 21.8 Å². The first-order valence-corrected chi connectivity index (χ1v) is 14.8. The van der Waals surface area contributed by atoms with Gasteiger partial charge in [0.05, 0.1) is 22.0 Å². The summed E-state index contributed by atoms with van der Waals surface area (Å²) in [5.74, 6) is 2.55. The summed E-state index contributed by atoms with van der Waals surface area (Å²) in [5, 5.41) is 8.93. The third-order valence-corrected chi connectivity index (χ3v) is 11.7. The Hall–Kier alpha value is -4.79. The molecule has 10 rings (SSSR count). The molecule has 39 heavy (non-hydrogen) atoms. The first-order valence-electron chi connectivity index (χ1n) is 13.1. The Kier molecular flexibility index (Phi) is 3.42. The van der Waals surface area contributed by atoms with Gasteiger partial charge in [-0.2, -0.15) is 0 Å². The Morgan fingerprint density at radius 2 is 1.21 bits per heavy atom. The number of benzene rings is 7. The van der Waals surface area contributed by atoms with Gasteiger partial charge in [0.1, 0.15) is 28.3 Å². The van der Waals surface area contributed by atoms with Crippen LogP contribution < -0.4 is 30.3 Å². The lowest BCUT2D eigenvalue weighted by atomic mass is 9.92. The molecule has 7 aromatic rings. The van der Waals surface area contributed by atoms with Crippen molar-refractivity contribution in [1.82, 2.24) is 0 Å². The molecule has 1 unspecified atom stereocenters. The molecule has 0 bridgehead atoms. The largest absolute Gasteiger partial charge is 0.456 e. The van der Waals surface area contributed by atoms with Crippen LogP contribution in [0.15, 0.2) is 109 Å². The summed E-state index contributed by atoms with van der Waals surface area (Å²) in [7, 11) is -3.35. The lowest BCUT2D eigenvalue weighted by Gasteiger charge is -2.44. The second-order valence-corrected chi connectivity index (χ2v) is 13.0. The van der Waals surface area contributed by atoms with E-state index in [0.717, 1.165) is 43.8 Å². The van der Waals surface area contributed by atoms with E-state index >= 15 is 4.57 Å². The number of hydrogen-bond acceptors (Lipinski definition) is 4. The SMILES string of the molecule is O=P12c3c4cccc3Oc3c1c(c1ccc5cccc6ccc3c1c65)N(c1ccccc1)c1cccc(c12)O4. The van der Waals surface area contributed by atoms with E-state index in [9.17, 15) is 0 Å². The van der Waals surface area contributed by atoms with E-state index in [2.05, 4.69) is 65.6 Å². The van der Waals surface area contributed by atoms with Crippen molar-refractivity contribution in [3.05, 3.63) is 109 Å². The van der Waals surface area contributed by atoms with Gasteiger partial charge in [0.15, 0.2) is 7.14 Å². The first-order chi connectivity index (χ1) is 19.2. The topological polar surface area (TPSA) is 38.8 Å². The van der Waals surface area contributed by atoms with E-state index < -0.39 is 7.14 Å². The average Bonchev–Trinajstić information content (AvgIpc) is 2.97. The van der Waals surface area contributed by atoms with Gasteiger partial charge in [-0.15, -0.1) is 0 Å². The third kappa shape index (κ3) is 2.20. The highest BCUT2D eigenvalue weighted by Gasteiger charge is 2.54. The van der Waals surface area contributed by atoms with Crippen LogP contribution in [-0.4, -0.2) is 0 Å². The maximum absolute atomic E-state index is 16.0. The molecule has 3 heterocycles. The quantitative estimate of drug-likeness (QED) is 0.162. The van der Waals surface area contributed by atoms with Gasteiger partial charge in [-0.1, -0.05) is 66.7 Å². The van der Waals surface area contributed by atoms with Crippen LogP contribution in [0.2, 0.25) is 0 Å².